The van der Waals surface area contributed by atoms with Crippen molar-refractivity contribution in [2.24, 2.45) is 17.4 Å². The minimum absolute atomic E-state index is 0.245. The van der Waals surface area contributed by atoms with Gasteiger partial charge >= 0.3 is 0 Å². The third-order valence-corrected chi connectivity index (χ3v) is 2.91. The van der Waals surface area contributed by atoms with E-state index in [9.17, 15) is 14.4 Å². The van der Waals surface area contributed by atoms with Gasteiger partial charge in [0.2, 0.25) is 17.7 Å². The molecular formula is C11H20N4O3. The summed E-state index contributed by atoms with van der Waals surface area (Å²) < 4.78 is 0. The molecule has 0 saturated carbocycles. The van der Waals surface area contributed by atoms with Crippen molar-refractivity contribution in [2.45, 2.75) is 19.3 Å². The van der Waals surface area contributed by atoms with Crippen molar-refractivity contribution in [3.8, 4) is 0 Å². The molecule has 1 saturated heterocycles. The van der Waals surface area contributed by atoms with Crippen LogP contribution in [-0.2, 0) is 14.4 Å². The lowest BCUT2D eigenvalue weighted by Crippen LogP contribution is -2.44. The summed E-state index contributed by atoms with van der Waals surface area (Å²) in [7, 11) is 0. The highest BCUT2D eigenvalue weighted by Crippen LogP contribution is 2.15. The van der Waals surface area contributed by atoms with Crippen LogP contribution in [0.3, 0.4) is 0 Å². The second-order valence-electron chi connectivity index (χ2n) is 4.60. The van der Waals surface area contributed by atoms with Crippen molar-refractivity contribution in [2.75, 3.05) is 26.2 Å². The van der Waals surface area contributed by atoms with Crippen LogP contribution in [0.4, 0.5) is 0 Å². The fourth-order valence-electron chi connectivity index (χ4n) is 2.08. The zero-order chi connectivity index (χ0) is 13.5. The molecule has 0 bridgehead atoms. The van der Waals surface area contributed by atoms with Crippen LogP contribution < -0.4 is 16.8 Å². The number of carbonyl (C=O) groups excluding carboxylic acids is 3. The predicted molar refractivity (Wildman–Crippen MR) is 65.2 cm³/mol. The molecule has 18 heavy (non-hydrogen) atoms. The highest BCUT2D eigenvalue weighted by Gasteiger charge is 2.22. The topological polar surface area (TPSA) is 119 Å². The zero-order valence-corrected chi connectivity index (χ0v) is 10.4. The Balaban J connectivity index is 2.51. The molecule has 0 aromatic carbocycles. The average molecular weight is 256 g/mol. The van der Waals surface area contributed by atoms with E-state index in [1.807, 2.05) is 0 Å². The molecule has 102 valence electrons. The summed E-state index contributed by atoms with van der Waals surface area (Å²) in [6.45, 7) is 1.23. The first kappa shape index (κ1) is 14.4. The summed E-state index contributed by atoms with van der Waals surface area (Å²) in [5.41, 5.74) is 10.1. The zero-order valence-electron chi connectivity index (χ0n) is 10.4. The van der Waals surface area contributed by atoms with Crippen molar-refractivity contribution in [3.63, 3.8) is 0 Å². The number of primary amides is 2. The van der Waals surface area contributed by atoms with Crippen LogP contribution in [0.1, 0.15) is 19.3 Å². The van der Waals surface area contributed by atoms with E-state index in [0.29, 0.717) is 6.42 Å². The number of nitrogens with two attached hydrogens (primary N) is 2. The van der Waals surface area contributed by atoms with Crippen LogP contribution in [0.5, 0.6) is 0 Å². The fourth-order valence-corrected chi connectivity index (χ4v) is 2.08. The van der Waals surface area contributed by atoms with Gasteiger partial charge in [-0.25, -0.2) is 0 Å². The molecule has 1 unspecified atom stereocenters. The first-order valence-corrected chi connectivity index (χ1v) is 6.04. The summed E-state index contributed by atoms with van der Waals surface area (Å²) in [6, 6.07) is 0. The van der Waals surface area contributed by atoms with E-state index in [-0.39, 0.29) is 24.9 Å². The molecule has 7 heteroatoms. The van der Waals surface area contributed by atoms with E-state index >= 15 is 0 Å². The predicted octanol–water partition coefficient (Wildman–Crippen LogP) is -1.82. The lowest BCUT2D eigenvalue weighted by molar-refractivity contribution is -0.138. The third kappa shape index (κ3) is 5.13. The van der Waals surface area contributed by atoms with Crippen LogP contribution in [-0.4, -0.2) is 48.8 Å². The molecule has 0 aliphatic carbocycles. The molecule has 1 rings (SSSR count). The van der Waals surface area contributed by atoms with Crippen molar-refractivity contribution in [3.05, 3.63) is 0 Å². The Bertz CT molecular complexity index is 310. The number of nitrogens with one attached hydrogen (secondary N) is 1. The molecule has 1 heterocycles. The van der Waals surface area contributed by atoms with E-state index < -0.39 is 11.8 Å². The van der Waals surface area contributed by atoms with Crippen molar-refractivity contribution < 1.29 is 14.4 Å². The van der Waals surface area contributed by atoms with E-state index in [4.69, 9.17) is 11.5 Å². The molecule has 0 radical (unpaired) electrons. The maximum Gasteiger partial charge on any atom is 0.237 e. The van der Waals surface area contributed by atoms with Gasteiger partial charge in [-0.3, -0.25) is 14.4 Å². The number of piperidine rings is 1. The summed E-state index contributed by atoms with van der Waals surface area (Å²) in [5, 5.41) is 3.21. The van der Waals surface area contributed by atoms with Gasteiger partial charge in [0, 0.05) is 6.42 Å². The van der Waals surface area contributed by atoms with E-state index in [1.165, 1.54) is 0 Å². The molecule has 7 nitrogen and oxygen atoms in total. The molecule has 1 aliphatic heterocycles. The maximum absolute atomic E-state index is 12.0. The number of amides is 3. The minimum Gasteiger partial charge on any atom is -0.368 e. The minimum atomic E-state index is -0.647. The quantitative estimate of drug-likeness (QED) is 0.518. The number of hydrogen-bond donors (Lipinski definition) is 3. The van der Waals surface area contributed by atoms with Crippen molar-refractivity contribution in [1.29, 1.82) is 0 Å². The summed E-state index contributed by atoms with van der Waals surface area (Å²) in [5.74, 6) is -1.30. The Hall–Kier alpha value is -1.63. The second-order valence-corrected chi connectivity index (χ2v) is 4.60. The molecule has 3 amide bonds. The molecular weight excluding hydrogens is 236 g/mol. The van der Waals surface area contributed by atoms with Gasteiger partial charge in [0.25, 0.3) is 0 Å². The highest BCUT2D eigenvalue weighted by atomic mass is 16.2. The Morgan fingerprint density at radius 1 is 1.17 bits per heavy atom. The highest BCUT2D eigenvalue weighted by molar-refractivity contribution is 5.88. The molecule has 1 atom stereocenters. The van der Waals surface area contributed by atoms with Gasteiger partial charge in [-0.2, -0.15) is 0 Å². The molecule has 1 fully saturated rings. The standard InChI is InChI=1S/C11H20N4O3/c12-9(16)6-15(7-10(13)17)11(18)4-8-2-1-3-14-5-8/h8,14H,1-7H2,(H2,12,16)(H2,13,17). The van der Waals surface area contributed by atoms with Gasteiger partial charge in [-0.15, -0.1) is 0 Å². The fraction of sp³-hybridized carbons (Fsp3) is 0.727. The van der Waals surface area contributed by atoms with Crippen LogP contribution >= 0.6 is 0 Å². The first-order chi connectivity index (χ1) is 8.49. The average Bonchev–Trinajstić information content (AvgIpc) is 2.28. The first-order valence-electron chi connectivity index (χ1n) is 6.04. The van der Waals surface area contributed by atoms with Gasteiger partial charge in [0.05, 0.1) is 13.1 Å². The summed E-state index contributed by atoms with van der Waals surface area (Å²) >= 11 is 0. The molecule has 5 N–H and O–H groups in total. The summed E-state index contributed by atoms with van der Waals surface area (Å²) in [4.78, 5) is 34.8. The van der Waals surface area contributed by atoms with E-state index in [0.717, 1.165) is 30.8 Å². The largest absolute Gasteiger partial charge is 0.368 e. The lowest BCUT2D eigenvalue weighted by Gasteiger charge is -2.25. The van der Waals surface area contributed by atoms with Crippen molar-refractivity contribution in [1.82, 2.24) is 10.2 Å². The lowest BCUT2D eigenvalue weighted by atomic mass is 9.95. The number of rotatable bonds is 6. The molecule has 0 spiro atoms. The van der Waals surface area contributed by atoms with Crippen LogP contribution in [0.15, 0.2) is 0 Å². The number of carbonyl (C=O) groups is 3. The van der Waals surface area contributed by atoms with Gasteiger partial charge in [-0.1, -0.05) is 0 Å². The van der Waals surface area contributed by atoms with E-state index in [2.05, 4.69) is 5.32 Å². The van der Waals surface area contributed by atoms with Gasteiger partial charge in [0.1, 0.15) is 0 Å². The van der Waals surface area contributed by atoms with Crippen LogP contribution in [0.2, 0.25) is 0 Å². The Labute approximate surface area is 106 Å². The van der Waals surface area contributed by atoms with Crippen molar-refractivity contribution >= 4 is 17.7 Å². The molecule has 0 aromatic heterocycles. The normalized spacial score (nSPS) is 19.2. The Kier molecular flexibility index (Phi) is 5.57. The second kappa shape index (κ2) is 6.95. The molecule has 0 aromatic rings. The van der Waals surface area contributed by atoms with Crippen LogP contribution in [0.25, 0.3) is 0 Å². The smallest absolute Gasteiger partial charge is 0.237 e. The Morgan fingerprint density at radius 2 is 1.78 bits per heavy atom. The Morgan fingerprint density at radius 3 is 2.22 bits per heavy atom. The third-order valence-electron chi connectivity index (χ3n) is 2.91. The maximum atomic E-state index is 12.0. The summed E-state index contributed by atoms with van der Waals surface area (Å²) in [6.07, 6.45) is 2.32. The van der Waals surface area contributed by atoms with Crippen LogP contribution in [0, 0.1) is 5.92 Å². The van der Waals surface area contributed by atoms with Gasteiger partial charge in [0.15, 0.2) is 0 Å². The van der Waals surface area contributed by atoms with Gasteiger partial charge < -0.3 is 21.7 Å². The monoisotopic (exact) mass is 256 g/mol. The van der Waals surface area contributed by atoms with Gasteiger partial charge in [-0.05, 0) is 31.8 Å². The number of hydrogen-bond acceptors (Lipinski definition) is 4. The van der Waals surface area contributed by atoms with E-state index in [1.54, 1.807) is 0 Å². The number of nitrogens with zero attached hydrogens (tertiary/aromatic N) is 1. The molecule has 1 aliphatic rings. The SMILES string of the molecule is NC(=O)CN(CC(N)=O)C(=O)CC1CCCNC1.